The minimum atomic E-state index is 0.472. The van der Waals surface area contributed by atoms with E-state index in [4.69, 9.17) is 0 Å². The second-order valence-electron chi connectivity index (χ2n) is 6.64. The normalized spacial score (nSPS) is 22.7. The Morgan fingerprint density at radius 3 is 2.18 bits per heavy atom. The highest BCUT2D eigenvalue weighted by atomic mass is 14.5. The molecule has 0 saturated heterocycles. The molecule has 1 rings (SSSR count). The molecule has 3 atom stereocenters. The first-order chi connectivity index (χ1) is 7.95. The van der Waals surface area contributed by atoms with Crippen molar-refractivity contribution in [2.24, 2.45) is 29.1 Å². The SMILES string of the molecule is CCC=CC(CC)C(C)C(C)(C)C(C)C1CC1. The molecular weight excluding hydrogens is 204 g/mol. The van der Waals surface area contributed by atoms with E-state index in [1.54, 1.807) is 0 Å². The van der Waals surface area contributed by atoms with Crippen LogP contribution in [0.3, 0.4) is 0 Å². The Balaban J connectivity index is 2.69. The van der Waals surface area contributed by atoms with Gasteiger partial charge in [0.1, 0.15) is 0 Å². The van der Waals surface area contributed by atoms with Crippen molar-refractivity contribution in [2.45, 2.75) is 67.2 Å². The lowest BCUT2D eigenvalue weighted by Gasteiger charge is -2.41. The average molecular weight is 236 g/mol. The number of hydrogen-bond donors (Lipinski definition) is 0. The predicted molar refractivity (Wildman–Crippen MR) is 78.0 cm³/mol. The molecule has 0 heteroatoms. The van der Waals surface area contributed by atoms with E-state index >= 15 is 0 Å². The molecule has 17 heavy (non-hydrogen) atoms. The highest BCUT2D eigenvalue weighted by Gasteiger charge is 2.42. The summed E-state index contributed by atoms with van der Waals surface area (Å²) in [6, 6.07) is 0. The van der Waals surface area contributed by atoms with Crippen molar-refractivity contribution in [2.75, 3.05) is 0 Å². The van der Waals surface area contributed by atoms with Gasteiger partial charge in [-0.1, -0.05) is 53.7 Å². The van der Waals surface area contributed by atoms with Crippen LogP contribution in [0.15, 0.2) is 12.2 Å². The Bertz CT molecular complexity index is 245. The van der Waals surface area contributed by atoms with Crippen molar-refractivity contribution in [3.8, 4) is 0 Å². The number of rotatable bonds is 7. The van der Waals surface area contributed by atoms with Gasteiger partial charge in [-0.25, -0.2) is 0 Å². The molecule has 0 radical (unpaired) electrons. The van der Waals surface area contributed by atoms with Crippen LogP contribution in [0.1, 0.15) is 67.2 Å². The van der Waals surface area contributed by atoms with E-state index < -0.39 is 0 Å². The fourth-order valence-corrected chi connectivity index (χ4v) is 3.14. The van der Waals surface area contributed by atoms with Gasteiger partial charge in [-0.05, 0) is 54.8 Å². The Hall–Kier alpha value is -0.260. The van der Waals surface area contributed by atoms with Crippen LogP contribution in [0, 0.1) is 29.1 Å². The second-order valence-corrected chi connectivity index (χ2v) is 6.64. The third kappa shape index (κ3) is 3.60. The molecule has 0 heterocycles. The summed E-state index contributed by atoms with van der Waals surface area (Å²) in [4.78, 5) is 0. The van der Waals surface area contributed by atoms with Gasteiger partial charge >= 0.3 is 0 Å². The fourth-order valence-electron chi connectivity index (χ4n) is 3.14. The summed E-state index contributed by atoms with van der Waals surface area (Å²) in [6.07, 6.45) is 10.2. The third-order valence-corrected chi connectivity index (χ3v) is 5.41. The molecule has 0 spiro atoms. The van der Waals surface area contributed by atoms with Gasteiger partial charge in [0.2, 0.25) is 0 Å². The predicted octanol–water partition coefficient (Wildman–Crippen LogP) is 5.69. The smallest absolute Gasteiger partial charge is 0.0205 e. The van der Waals surface area contributed by atoms with Crippen molar-refractivity contribution < 1.29 is 0 Å². The van der Waals surface area contributed by atoms with E-state index in [0.29, 0.717) is 5.41 Å². The zero-order valence-corrected chi connectivity index (χ0v) is 12.8. The maximum atomic E-state index is 2.49. The first kappa shape index (κ1) is 14.8. The summed E-state index contributed by atoms with van der Waals surface area (Å²) in [6.45, 7) is 14.5. The lowest BCUT2D eigenvalue weighted by atomic mass is 9.64. The highest BCUT2D eigenvalue weighted by Crippen LogP contribution is 2.50. The largest absolute Gasteiger partial charge is 0.0885 e. The summed E-state index contributed by atoms with van der Waals surface area (Å²) in [5.41, 5.74) is 0.472. The van der Waals surface area contributed by atoms with E-state index in [1.807, 2.05) is 0 Å². The standard InChI is InChI=1S/C17H32/c1-7-9-10-15(8-2)13(3)17(5,6)14(4)16-11-12-16/h9-10,13-16H,7-8,11-12H2,1-6H3. The van der Waals surface area contributed by atoms with Gasteiger partial charge in [0.15, 0.2) is 0 Å². The molecule has 0 aromatic rings. The van der Waals surface area contributed by atoms with Crippen LogP contribution in [0.4, 0.5) is 0 Å². The van der Waals surface area contributed by atoms with Crippen LogP contribution in [0.5, 0.6) is 0 Å². The third-order valence-electron chi connectivity index (χ3n) is 5.41. The average Bonchev–Trinajstić information content (AvgIpc) is 3.12. The van der Waals surface area contributed by atoms with Gasteiger partial charge in [0.25, 0.3) is 0 Å². The lowest BCUT2D eigenvalue weighted by molar-refractivity contribution is 0.0900. The zero-order chi connectivity index (χ0) is 13.1. The highest BCUT2D eigenvalue weighted by molar-refractivity contribution is 4.97. The molecule has 0 amide bonds. The minimum Gasteiger partial charge on any atom is -0.0885 e. The van der Waals surface area contributed by atoms with Crippen molar-refractivity contribution in [1.29, 1.82) is 0 Å². The summed E-state index contributed by atoms with van der Waals surface area (Å²) in [5, 5.41) is 0. The Morgan fingerprint density at radius 1 is 1.18 bits per heavy atom. The molecule has 100 valence electrons. The van der Waals surface area contributed by atoms with Crippen LogP contribution < -0.4 is 0 Å². The van der Waals surface area contributed by atoms with Crippen molar-refractivity contribution in [3.05, 3.63) is 12.2 Å². The van der Waals surface area contributed by atoms with E-state index in [1.165, 1.54) is 25.7 Å². The van der Waals surface area contributed by atoms with Crippen LogP contribution in [-0.4, -0.2) is 0 Å². The molecule has 0 bridgehead atoms. The summed E-state index contributed by atoms with van der Waals surface area (Å²) < 4.78 is 0. The lowest BCUT2D eigenvalue weighted by Crippen LogP contribution is -2.34. The molecule has 1 fully saturated rings. The number of hydrogen-bond acceptors (Lipinski definition) is 0. The van der Waals surface area contributed by atoms with Crippen LogP contribution >= 0.6 is 0 Å². The zero-order valence-electron chi connectivity index (χ0n) is 12.8. The van der Waals surface area contributed by atoms with Gasteiger partial charge in [-0.3, -0.25) is 0 Å². The van der Waals surface area contributed by atoms with E-state index in [0.717, 1.165) is 23.7 Å². The molecule has 0 aromatic heterocycles. The molecule has 0 aromatic carbocycles. The van der Waals surface area contributed by atoms with Crippen LogP contribution in [0.25, 0.3) is 0 Å². The van der Waals surface area contributed by atoms with Crippen LogP contribution in [0.2, 0.25) is 0 Å². The van der Waals surface area contributed by atoms with E-state index in [2.05, 4.69) is 53.7 Å². The van der Waals surface area contributed by atoms with E-state index in [-0.39, 0.29) is 0 Å². The Morgan fingerprint density at radius 2 is 1.76 bits per heavy atom. The summed E-state index contributed by atoms with van der Waals surface area (Å²) >= 11 is 0. The molecule has 3 unspecified atom stereocenters. The fraction of sp³-hybridized carbons (Fsp3) is 0.882. The van der Waals surface area contributed by atoms with Crippen molar-refractivity contribution in [1.82, 2.24) is 0 Å². The second kappa shape index (κ2) is 6.07. The molecule has 1 aliphatic rings. The Kier molecular flexibility index (Phi) is 5.28. The first-order valence-electron chi connectivity index (χ1n) is 7.61. The molecule has 0 N–H and O–H groups in total. The van der Waals surface area contributed by atoms with Gasteiger partial charge in [-0.15, -0.1) is 0 Å². The maximum absolute atomic E-state index is 2.49. The van der Waals surface area contributed by atoms with Gasteiger partial charge in [-0.2, -0.15) is 0 Å². The topological polar surface area (TPSA) is 0 Å². The Labute approximate surface area is 109 Å². The van der Waals surface area contributed by atoms with E-state index in [9.17, 15) is 0 Å². The summed E-state index contributed by atoms with van der Waals surface area (Å²) in [7, 11) is 0. The van der Waals surface area contributed by atoms with Gasteiger partial charge < -0.3 is 0 Å². The quantitative estimate of drug-likeness (QED) is 0.498. The molecule has 0 aliphatic heterocycles. The van der Waals surface area contributed by atoms with Gasteiger partial charge in [0.05, 0.1) is 0 Å². The van der Waals surface area contributed by atoms with Crippen LogP contribution in [-0.2, 0) is 0 Å². The first-order valence-corrected chi connectivity index (χ1v) is 7.61. The molecule has 1 saturated carbocycles. The van der Waals surface area contributed by atoms with Crippen molar-refractivity contribution in [3.63, 3.8) is 0 Å². The monoisotopic (exact) mass is 236 g/mol. The molecular formula is C17H32. The number of allylic oxidation sites excluding steroid dienone is 2. The molecule has 0 nitrogen and oxygen atoms in total. The minimum absolute atomic E-state index is 0.472. The van der Waals surface area contributed by atoms with Gasteiger partial charge in [0, 0.05) is 0 Å². The maximum Gasteiger partial charge on any atom is -0.0205 e. The van der Waals surface area contributed by atoms with Crippen molar-refractivity contribution >= 4 is 0 Å². The molecule has 1 aliphatic carbocycles. The summed E-state index contributed by atoms with van der Waals surface area (Å²) in [5.74, 6) is 3.43.